The summed E-state index contributed by atoms with van der Waals surface area (Å²) in [7, 11) is -3.70. The molecule has 140 valence electrons. The van der Waals surface area contributed by atoms with Crippen LogP contribution in [-0.4, -0.2) is 19.3 Å². The molecule has 0 bridgehead atoms. The molecule has 4 rings (SSSR count). The molecule has 3 aromatic carbocycles. The molecule has 0 aliphatic heterocycles. The number of nitrogens with zero attached hydrogens (tertiary/aromatic N) is 1. The van der Waals surface area contributed by atoms with Gasteiger partial charge in [-0.25, -0.2) is 13.4 Å². The summed E-state index contributed by atoms with van der Waals surface area (Å²) in [6, 6.07) is 22.3. The maximum absolute atomic E-state index is 12.4. The van der Waals surface area contributed by atoms with Gasteiger partial charge in [-0.3, -0.25) is 9.52 Å². The third-order valence-electron chi connectivity index (χ3n) is 3.96. The highest BCUT2D eigenvalue weighted by atomic mass is 32.2. The van der Waals surface area contributed by atoms with Gasteiger partial charge in [0.05, 0.1) is 15.1 Å². The topological polar surface area (TPSA) is 88.2 Å². The fourth-order valence-corrected chi connectivity index (χ4v) is 4.77. The van der Waals surface area contributed by atoms with Crippen molar-refractivity contribution in [3.8, 4) is 0 Å². The summed E-state index contributed by atoms with van der Waals surface area (Å²) in [6.07, 6.45) is 0. The van der Waals surface area contributed by atoms with Crippen molar-refractivity contribution >= 4 is 48.3 Å². The molecule has 8 heteroatoms. The van der Waals surface area contributed by atoms with Crippen LogP contribution in [-0.2, 0) is 10.0 Å². The lowest BCUT2D eigenvalue weighted by molar-refractivity contribution is 0.102. The predicted molar refractivity (Wildman–Crippen MR) is 111 cm³/mol. The number of hydrogen-bond acceptors (Lipinski definition) is 5. The number of thiazole rings is 1. The van der Waals surface area contributed by atoms with Gasteiger partial charge in [-0.1, -0.05) is 47.7 Å². The zero-order valence-corrected chi connectivity index (χ0v) is 16.1. The van der Waals surface area contributed by atoms with Crippen molar-refractivity contribution in [3.63, 3.8) is 0 Å². The van der Waals surface area contributed by atoms with Crippen molar-refractivity contribution in [2.75, 3.05) is 10.0 Å². The summed E-state index contributed by atoms with van der Waals surface area (Å²) in [5.41, 5.74) is 1.82. The van der Waals surface area contributed by atoms with Crippen LogP contribution in [0.2, 0.25) is 0 Å². The lowest BCUT2D eigenvalue weighted by Crippen LogP contribution is -2.12. The fourth-order valence-electron chi connectivity index (χ4n) is 2.61. The average molecular weight is 409 g/mol. The summed E-state index contributed by atoms with van der Waals surface area (Å²) in [4.78, 5) is 16.8. The first-order valence-corrected chi connectivity index (χ1v) is 10.7. The second kappa shape index (κ2) is 7.41. The van der Waals surface area contributed by atoms with Gasteiger partial charge >= 0.3 is 0 Å². The first-order valence-electron chi connectivity index (χ1n) is 8.36. The van der Waals surface area contributed by atoms with E-state index in [-0.39, 0.29) is 15.9 Å². The molecule has 1 heterocycles. The molecular weight excluding hydrogens is 394 g/mol. The molecule has 0 saturated carbocycles. The number of nitrogens with one attached hydrogen (secondary N) is 2. The van der Waals surface area contributed by atoms with Crippen molar-refractivity contribution in [2.24, 2.45) is 0 Å². The van der Waals surface area contributed by atoms with Crippen molar-refractivity contribution in [3.05, 3.63) is 84.4 Å². The molecule has 0 atom stereocenters. The largest absolute Gasteiger partial charge is 0.322 e. The van der Waals surface area contributed by atoms with Gasteiger partial charge in [0.25, 0.3) is 15.9 Å². The Bertz CT molecular complexity index is 1240. The number of hydrogen-bond donors (Lipinski definition) is 2. The molecule has 0 spiro atoms. The van der Waals surface area contributed by atoms with E-state index in [0.717, 1.165) is 4.70 Å². The number of benzene rings is 3. The highest BCUT2D eigenvalue weighted by Gasteiger charge is 2.16. The van der Waals surface area contributed by atoms with Crippen molar-refractivity contribution in [1.82, 2.24) is 4.98 Å². The lowest BCUT2D eigenvalue weighted by Gasteiger charge is -2.04. The van der Waals surface area contributed by atoms with Crippen LogP contribution in [0.15, 0.2) is 83.8 Å². The third-order valence-corrected chi connectivity index (χ3v) is 6.38. The van der Waals surface area contributed by atoms with E-state index < -0.39 is 10.0 Å². The molecule has 1 amide bonds. The standard InChI is InChI=1S/C20H15N3O3S2/c24-19(14-7-3-1-4-8-14)21-15-11-12-17-18(13-15)27-20(22-17)23-28(25,26)16-9-5-2-6-10-16/h1-13H,(H,21,24)(H,22,23). The third kappa shape index (κ3) is 3.88. The lowest BCUT2D eigenvalue weighted by atomic mass is 10.2. The number of aromatic nitrogens is 1. The Morgan fingerprint density at radius 1 is 0.893 bits per heavy atom. The van der Waals surface area contributed by atoms with Gasteiger partial charge in [0.2, 0.25) is 0 Å². The van der Waals surface area contributed by atoms with Gasteiger partial charge in [-0.05, 0) is 42.5 Å². The zero-order chi connectivity index (χ0) is 19.6. The minimum absolute atomic E-state index is 0.171. The van der Waals surface area contributed by atoms with Crippen LogP contribution in [0, 0.1) is 0 Å². The molecule has 1 aromatic heterocycles. The smallest absolute Gasteiger partial charge is 0.263 e. The first-order chi connectivity index (χ1) is 13.5. The summed E-state index contributed by atoms with van der Waals surface area (Å²) >= 11 is 1.20. The van der Waals surface area contributed by atoms with Crippen LogP contribution in [0.1, 0.15) is 10.4 Å². The quantitative estimate of drug-likeness (QED) is 0.513. The monoisotopic (exact) mass is 409 g/mol. The second-order valence-electron chi connectivity index (χ2n) is 5.94. The number of carbonyl (C=O) groups excluding carboxylic acids is 1. The molecule has 0 fully saturated rings. The highest BCUT2D eigenvalue weighted by molar-refractivity contribution is 7.93. The van der Waals surface area contributed by atoms with Crippen LogP contribution in [0.4, 0.5) is 10.8 Å². The fraction of sp³-hybridized carbons (Fsp3) is 0. The Hall–Kier alpha value is -3.23. The van der Waals surface area contributed by atoms with Crippen molar-refractivity contribution in [2.45, 2.75) is 4.90 Å². The molecule has 6 nitrogen and oxygen atoms in total. The van der Waals surface area contributed by atoms with Crippen LogP contribution >= 0.6 is 11.3 Å². The summed E-state index contributed by atoms with van der Waals surface area (Å²) in [6.45, 7) is 0. The summed E-state index contributed by atoms with van der Waals surface area (Å²) in [5, 5.41) is 3.10. The van der Waals surface area contributed by atoms with Gasteiger partial charge < -0.3 is 5.32 Å². The van der Waals surface area contributed by atoms with E-state index in [1.54, 1.807) is 60.7 Å². The normalized spacial score (nSPS) is 11.3. The molecule has 0 saturated heterocycles. The average Bonchev–Trinajstić information content (AvgIpc) is 3.10. The molecule has 28 heavy (non-hydrogen) atoms. The molecule has 4 aromatic rings. The Balaban J connectivity index is 1.56. The molecular formula is C20H15N3O3S2. The molecule has 0 aliphatic carbocycles. The number of carbonyl (C=O) groups is 1. The SMILES string of the molecule is O=C(Nc1ccc2nc(NS(=O)(=O)c3ccccc3)sc2c1)c1ccccc1. The zero-order valence-electron chi connectivity index (χ0n) is 14.5. The van der Waals surface area contributed by atoms with Crippen molar-refractivity contribution < 1.29 is 13.2 Å². The minimum atomic E-state index is -3.70. The van der Waals surface area contributed by atoms with Crippen LogP contribution in [0.3, 0.4) is 0 Å². The molecule has 0 aliphatic rings. The Morgan fingerprint density at radius 2 is 1.57 bits per heavy atom. The Labute approximate surface area is 165 Å². The van der Waals surface area contributed by atoms with E-state index in [4.69, 9.17) is 0 Å². The Kier molecular flexibility index (Phi) is 4.81. The van der Waals surface area contributed by atoms with Crippen molar-refractivity contribution in [1.29, 1.82) is 0 Å². The van der Waals surface area contributed by atoms with Crippen LogP contribution in [0.25, 0.3) is 10.2 Å². The molecule has 2 N–H and O–H groups in total. The summed E-state index contributed by atoms with van der Waals surface area (Å²) < 4.78 is 28.2. The van der Waals surface area contributed by atoms with Crippen LogP contribution < -0.4 is 10.0 Å². The van der Waals surface area contributed by atoms with Gasteiger partial charge in [-0.2, -0.15) is 0 Å². The number of sulfonamides is 1. The van der Waals surface area contributed by atoms with E-state index in [9.17, 15) is 13.2 Å². The van der Waals surface area contributed by atoms with Gasteiger partial charge in [0.15, 0.2) is 5.13 Å². The summed E-state index contributed by atoms with van der Waals surface area (Å²) in [5.74, 6) is -0.213. The maximum Gasteiger partial charge on any atom is 0.263 e. The predicted octanol–water partition coefficient (Wildman–Crippen LogP) is 4.35. The minimum Gasteiger partial charge on any atom is -0.322 e. The van der Waals surface area contributed by atoms with Crippen LogP contribution in [0.5, 0.6) is 0 Å². The van der Waals surface area contributed by atoms with Gasteiger partial charge in [0.1, 0.15) is 0 Å². The molecule has 0 unspecified atom stereocenters. The first kappa shape index (κ1) is 18.1. The van der Waals surface area contributed by atoms with E-state index in [1.807, 2.05) is 6.07 Å². The number of fused-ring (bicyclic) bond motifs is 1. The Morgan fingerprint density at radius 3 is 2.29 bits per heavy atom. The van der Waals surface area contributed by atoms with E-state index >= 15 is 0 Å². The van der Waals surface area contributed by atoms with E-state index in [1.165, 1.54) is 23.5 Å². The maximum atomic E-state index is 12.4. The van der Waals surface area contributed by atoms with Gasteiger partial charge in [-0.15, -0.1) is 0 Å². The van der Waals surface area contributed by atoms with E-state index in [0.29, 0.717) is 16.8 Å². The second-order valence-corrected chi connectivity index (χ2v) is 8.65. The number of rotatable bonds is 5. The van der Waals surface area contributed by atoms with Gasteiger partial charge in [0, 0.05) is 11.3 Å². The highest BCUT2D eigenvalue weighted by Crippen LogP contribution is 2.30. The van der Waals surface area contributed by atoms with E-state index in [2.05, 4.69) is 15.0 Å². The number of amides is 1. The molecule has 0 radical (unpaired) electrons. The number of anilines is 2.